The predicted molar refractivity (Wildman–Crippen MR) is 290 cm³/mol. The molecule has 0 radical (unpaired) electrons. The second kappa shape index (κ2) is 20.4. The molecular weight excluding hydrogens is 965 g/mol. The zero-order chi connectivity index (χ0) is 52.2. The van der Waals surface area contributed by atoms with Crippen molar-refractivity contribution in [1.82, 2.24) is 45.6 Å². The van der Waals surface area contributed by atoms with E-state index in [1.807, 2.05) is 75.7 Å². The quantitative estimate of drug-likeness (QED) is 0.0816. The number of nitrogen functional groups attached to an aromatic ring is 1. The Kier molecular flexibility index (Phi) is 13.8. The zero-order valence-electron chi connectivity index (χ0n) is 43.7. The van der Waals surface area contributed by atoms with Crippen molar-refractivity contribution in [1.29, 1.82) is 0 Å². The molecule has 17 nitrogen and oxygen atoms in total. The van der Waals surface area contributed by atoms with Crippen LogP contribution in [0.2, 0.25) is 0 Å². The highest BCUT2D eigenvalue weighted by Gasteiger charge is 2.54. The number of piperidine rings is 1. The number of anilines is 3. The Labute approximate surface area is 443 Å². The molecule has 3 saturated carbocycles. The molecule has 2 unspecified atom stereocenters. The van der Waals surface area contributed by atoms with Crippen molar-refractivity contribution in [2.24, 2.45) is 16.2 Å². The molecule has 5 aromatic rings. The Bertz CT molecular complexity index is 2860. The Morgan fingerprint density at radius 2 is 1.56 bits per heavy atom. The third kappa shape index (κ3) is 10.2. The molecule has 18 heteroatoms. The number of nitrogens with zero attached hydrogens (tertiary/aromatic N) is 9. The maximum atomic E-state index is 14.5. The van der Waals surface area contributed by atoms with E-state index in [9.17, 15) is 24.6 Å². The highest BCUT2D eigenvalue weighted by Crippen LogP contribution is 2.57. The largest absolute Gasteiger partial charge is 0.507 e. The topological polar surface area (TPSA) is 219 Å². The van der Waals surface area contributed by atoms with E-state index in [2.05, 4.69) is 52.9 Å². The lowest BCUT2D eigenvalue weighted by molar-refractivity contribution is -0.149. The van der Waals surface area contributed by atoms with Crippen LogP contribution in [0.5, 0.6) is 5.75 Å². The Hall–Kier alpha value is -6.24. The first-order valence-corrected chi connectivity index (χ1v) is 28.0. The van der Waals surface area contributed by atoms with E-state index in [1.165, 1.54) is 10.5 Å². The Morgan fingerprint density at radius 3 is 2.20 bits per heavy atom. The van der Waals surface area contributed by atoms with E-state index >= 15 is 0 Å². The van der Waals surface area contributed by atoms with Crippen molar-refractivity contribution in [2.75, 3.05) is 54.8 Å². The molecule has 2 aromatic carbocycles. The molecule has 6 N–H and O–H groups in total. The molecule has 396 valence electrons. The number of amides is 3. The number of nitrogens with one attached hydrogen (secondary N) is 2. The summed E-state index contributed by atoms with van der Waals surface area (Å²) >= 11 is 1.59. The second-order valence-corrected chi connectivity index (χ2v) is 24.6. The van der Waals surface area contributed by atoms with Crippen molar-refractivity contribution < 1.29 is 24.6 Å². The number of aromatic nitrogens is 5. The summed E-state index contributed by atoms with van der Waals surface area (Å²) in [5, 5.41) is 36.1. The molecule has 4 aliphatic heterocycles. The van der Waals surface area contributed by atoms with Crippen LogP contribution in [0.3, 0.4) is 0 Å². The van der Waals surface area contributed by atoms with Crippen LogP contribution in [-0.4, -0.2) is 132 Å². The number of phenolic OH excluding ortho intramolecular Hbond substituents is 1. The average Bonchev–Trinajstić information content (AvgIpc) is 4.11. The number of β-amino-alcohol motifs (C(OH)–C–C–N with tert-alkyl or cyclic N) is 1. The fraction of sp³-hybridized carbons (Fsp3) is 0.544. The number of para-hydroxylation sites is 1. The normalized spacial score (nSPS) is 26.4. The van der Waals surface area contributed by atoms with Gasteiger partial charge in [0.2, 0.25) is 23.7 Å². The number of aryl methyl sites for hydroxylation is 1. The number of hydrogen-bond acceptors (Lipinski definition) is 15. The summed E-state index contributed by atoms with van der Waals surface area (Å²) in [6.07, 6.45) is 13.0. The molecule has 7 aliphatic rings. The van der Waals surface area contributed by atoms with Crippen LogP contribution in [0.4, 0.5) is 17.5 Å². The maximum absolute atomic E-state index is 14.5. The van der Waals surface area contributed by atoms with Gasteiger partial charge in [-0.1, -0.05) is 57.2 Å². The standard InChI is InChI=1S/C57H72N12O5S/c1-35-48(75-34-62-35)38-11-9-36(10-12-38)27-59-51(72)46-25-42(70)32-68(46)52(73)49(55(2,3)4)63-53(74)57-20-17-56(18-21-57,19-22-57)33-66-23-15-37(16-24-66)39-28-60-54(61-29-39)69-40-13-14-41(69)31-67(30-40)45-26-44(64-65-50(45)58)43-7-5-6-8-47(43)71/h5-12,26,28-29,34,37,40-42,46,49,70-71H,13-25,27,30-33H2,1-4H3,(H2,58,65)(H,59,72)(H,63,74)/t40?,41?,42-,46+,49-,56?,57?/m1/s1. The van der Waals surface area contributed by atoms with Crippen molar-refractivity contribution in [3.8, 4) is 27.4 Å². The summed E-state index contributed by atoms with van der Waals surface area (Å²) in [6, 6.07) is 15.9. The molecule has 12 rings (SSSR count). The predicted octanol–water partition coefficient (Wildman–Crippen LogP) is 6.84. The van der Waals surface area contributed by atoms with Gasteiger partial charge in [0.25, 0.3) is 0 Å². The van der Waals surface area contributed by atoms with Gasteiger partial charge in [-0.3, -0.25) is 14.4 Å². The summed E-state index contributed by atoms with van der Waals surface area (Å²) in [4.78, 5) is 67.0. The highest BCUT2D eigenvalue weighted by molar-refractivity contribution is 7.13. The first-order chi connectivity index (χ1) is 36.0. The van der Waals surface area contributed by atoms with E-state index in [4.69, 9.17) is 15.7 Å². The van der Waals surface area contributed by atoms with Crippen LogP contribution in [0.1, 0.15) is 114 Å². The highest BCUT2D eigenvalue weighted by atomic mass is 32.1. The number of rotatable bonds is 13. The van der Waals surface area contributed by atoms with Gasteiger partial charge in [-0.05, 0) is 136 Å². The van der Waals surface area contributed by atoms with Crippen molar-refractivity contribution >= 4 is 46.5 Å². The number of fused-ring (bicyclic) bond motifs is 5. The SMILES string of the molecule is Cc1ncsc1-c1ccc(CNC(=O)[C@@H]2C[C@@H](O)CN2C(=O)[C@@H](NC(=O)C23CCC(CN4CCC(c5cnc(N6C7CCC6CN(c6cc(-c8ccccc8O)nnc6N)C7)nc5)CC4)(CC2)CC3)C(C)(C)C)cc1. The summed E-state index contributed by atoms with van der Waals surface area (Å²) < 4.78 is 0. The molecule has 5 atom stereocenters. The van der Waals surface area contributed by atoms with Gasteiger partial charge in [0.05, 0.1) is 33.6 Å². The van der Waals surface area contributed by atoms with Crippen LogP contribution in [-0.2, 0) is 20.9 Å². The fourth-order valence-corrected chi connectivity index (χ4v) is 14.2. The Morgan fingerprint density at radius 1 is 0.880 bits per heavy atom. The van der Waals surface area contributed by atoms with Crippen LogP contribution >= 0.6 is 11.3 Å². The van der Waals surface area contributed by atoms with Gasteiger partial charge in [0.15, 0.2) is 5.82 Å². The number of nitrogens with two attached hydrogens (primary N) is 1. The minimum absolute atomic E-state index is 0.0435. The number of piperazine rings is 1. The fourth-order valence-electron chi connectivity index (χ4n) is 13.4. The molecule has 4 saturated heterocycles. The van der Waals surface area contributed by atoms with Gasteiger partial charge < -0.3 is 46.2 Å². The average molecular weight is 1040 g/mol. The molecular formula is C57H72N12O5S. The van der Waals surface area contributed by atoms with E-state index in [0.717, 1.165) is 130 Å². The molecule has 0 spiro atoms. The minimum Gasteiger partial charge on any atom is -0.507 e. The number of thiazole rings is 1. The number of likely N-dealkylation sites (tertiary alicyclic amines) is 2. The Balaban J connectivity index is 0.654. The molecule has 75 heavy (non-hydrogen) atoms. The minimum atomic E-state index is -0.853. The van der Waals surface area contributed by atoms with Gasteiger partial charge in [0, 0.05) is 74.6 Å². The number of hydrogen-bond donors (Lipinski definition) is 5. The summed E-state index contributed by atoms with van der Waals surface area (Å²) in [5.41, 5.74) is 13.5. The first kappa shape index (κ1) is 50.9. The molecule has 4 bridgehead atoms. The number of aliphatic hydroxyl groups is 1. The lowest BCUT2D eigenvalue weighted by Crippen LogP contribution is -2.61. The third-order valence-electron chi connectivity index (χ3n) is 17.9. The third-order valence-corrected chi connectivity index (χ3v) is 18.9. The molecule has 3 aliphatic carbocycles. The number of phenols is 1. The van der Waals surface area contributed by atoms with Gasteiger partial charge in [-0.15, -0.1) is 21.5 Å². The van der Waals surface area contributed by atoms with Gasteiger partial charge in [0.1, 0.15) is 17.8 Å². The lowest BCUT2D eigenvalue weighted by Gasteiger charge is -2.54. The first-order valence-electron chi connectivity index (χ1n) is 27.1. The van der Waals surface area contributed by atoms with Gasteiger partial charge >= 0.3 is 0 Å². The molecule has 3 aromatic heterocycles. The monoisotopic (exact) mass is 1040 g/mol. The van der Waals surface area contributed by atoms with Crippen molar-refractivity contribution in [3.05, 3.63) is 89.3 Å². The van der Waals surface area contributed by atoms with Gasteiger partial charge in [-0.2, -0.15) is 0 Å². The van der Waals surface area contributed by atoms with E-state index in [-0.39, 0.29) is 53.9 Å². The van der Waals surface area contributed by atoms with E-state index < -0.39 is 29.0 Å². The van der Waals surface area contributed by atoms with Crippen LogP contribution in [0, 0.1) is 23.2 Å². The summed E-state index contributed by atoms with van der Waals surface area (Å²) in [5.74, 6) is 1.04. The molecule has 7 fully saturated rings. The van der Waals surface area contributed by atoms with Crippen LogP contribution in [0.25, 0.3) is 21.7 Å². The van der Waals surface area contributed by atoms with Crippen LogP contribution < -0.4 is 26.2 Å². The summed E-state index contributed by atoms with van der Waals surface area (Å²) in [7, 11) is 0. The number of carbonyl (C=O) groups excluding carboxylic acids is 3. The van der Waals surface area contributed by atoms with Gasteiger partial charge in [-0.25, -0.2) is 15.0 Å². The number of aromatic hydroxyl groups is 1. The number of carbonyl (C=O) groups is 3. The van der Waals surface area contributed by atoms with E-state index in [0.29, 0.717) is 29.5 Å². The van der Waals surface area contributed by atoms with E-state index in [1.54, 1.807) is 23.5 Å². The lowest BCUT2D eigenvalue weighted by atomic mass is 9.53. The second-order valence-electron chi connectivity index (χ2n) is 23.7. The smallest absolute Gasteiger partial charge is 0.246 e. The van der Waals surface area contributed by atoms with Crippen molar-refractivity contribution in [3.63, 3.8) is 0 Å². The van der Waals surface area contributed by atoms with Crippen LogP contribution in [0.15, 0.2) is 72.5 Å². The summed E-state index contributed by atoms with van der Waals surface area (Å²) in [6.45, 7) is 12.8. The molecule has 3 amide bonds. The van der Waals surface area contributed by atoms with Crippen molar-refractivity contribution in [2.45, 2.75) is 141 Å². The number of aliphatic hydroxyl groups excluding tert-OH is 1. The zero-order valence-corrected chi connectivity index (χ0v) is 44.6. The molecule has 7 heterocycles. The number of benzene rings is 2. The maximum Gasteiger partial charge on any atom is 0.246 e.